The number of carbonyl (C=O) groups is 1. The second-order valence-corrected chi connectivity index (χ2v) is 4.41. The first-order valence-corrected chi connectivity index (χ1v) is 6.16. The van der Waals surface area contributed by atoms with Gasteiger partial charge in [-0.3, -0.25) is 5.32 Å². The van der Waals surface area contributed by atoms with E-state index < -0.39 is 11.9 Å². The van der Waals surface area contributed by atoms with Crippen molar-refractivity contribution in [1.29, 1.82) is 0 Å². The number of amides is 1. The largest absolute Gasteiger partial charge is 0.446 e. The van der Waals surface area contributed by atoms with Gasteiger partial charge in [0.05, 0.1) is 5.69 Å². The fourth-order valence-corrected chi connectivity index (χ4v) is 2.18. The van der Waals surface area contributed by atoms with Crippen molar-refractivity contribution in [2.45, 2.75) is 38.3 Å². The average molecular weight is 252 g/mol. The molecule has 0 saturated heterocycles. The van der Waals surface area contributed by atoms with Crippen LogP contribution < -0.4 is 11.1 Å². The van der Waals surface area contributed by atoms with Crippen molar-refractivity contribution in [1.82, 2.24) is 0 Å². The van der Waals surface area contributed by atoms with E-state index in [9.17, 15) is 9.18 Å². The monoisotopic (exact) mass is 252 g/mol. The van der Waals surface area contributed by atoms with Gasteiger partial charge in [-0.2, -0.15) is 0 Å². The third-order valence-corrected chi connectivity index (χ3v) is 3.14. The molecule has 1 amide bonds. The Morgan fingerprint density at radius 1 is 1.44 bits per heavy atom. The molecule has 1 aromatic rings. The molecule has 4 nitrogen and oxygen atoms in total. The quantitative estimate of drug-likeness (QED) is 0.869. The van der Waals surface area contributed by atoms with Gasteiger partial charge in [0.25, 0.3) is 0 Å². The van der Waals surface area contributed by atoms with E-state index in [2.05, 4.69) is 5.32 Å². The van der Waals surface area contributed by atoms with Gasteiger partial charge in [-0.05, 0) is 37.8 Å². The average Bonchev–Trinajstić information content (AvgIpc) is 2.82. The number of anilines is 1. The number of nitrogens with two attached hydrogens (primary N) is 1. The van der Waals surface area contributed by atoms with Crippen LogP contribution in [0.2, 0.25) is 0 Å². The summed E-state index contributed by atoms with van der Waals surface area (Å²) >= 11 is 0. The zero-order valence-electron chi connectivity index (χ0n) is 10.1. The summed E-state index contributed by atoms with van der Waals surface area (Å²) in [6.45, 7) is 0.0334. The standard InChI is InChI=1S/C13H17FN2O2/c14-11-6-3-7-12(10(11)8-15)16-13(17)18-9-4-1-2-5-9/h3,6-7,9H,1-2,4-5,8,15H2,(H,16,17). The molecular weight excluding hydrogens is 235 g/mol. The minimum absolute atomic E-state index is 0.0140. The highest BCUT2D eigenvalue weighted by Gasteiger charge is 2.19. The van der Waals surface area contributed by atoms with Crippen LogP contribution >= 0.6 is 0 Å². The highest BCUT2D eigenvalue weighted by molar-refractivity contribution is 5.85. The molecule has 0 radical (unpaired) electrons. The van der Waals surface area contributed by atoms with Crippen LogP contribution in [0, 0.1) is 5.82 Å². The number of benzene rings is 1. The lowest BCUT2D eigenvalue weighted by Gasteiger charge is -2.14. The molecule has 18 heavy (non-hydrogen) atoms. The Labute approximate surface area is 105 Å². The van der Waals surface area contributed by atoms with Gasteiger partial charge in [0, 0.05) is 12.1 Å². The Bertz CT molecular complexity index is 431. The number of ether oxygens (including phenoxy) is 1. The Kier molecular flexibility index (Phi) is 4.15. The van der Waals surface area contributed by atoms with E-state index >= 15 is 0 Å². The van der Waals surface area contributed by atoms with Gasteiger partial charge in [-0.25, -0.2) is 9.18 Å². The molecule has 0 atom stereocenters. The van der Waals surface area contributed by atoms with Crippen molar-refractivity contribution in [2.24, 2.45) is 5.73 Å². The van der Waals surface area contributed by atoms with E-state index in [1.807, 2.05) is 0 Å². The summed E-state index contributed by atoms with van der Waals surface area (Å²) in [4.78, 5) is 11.7. The van der Waals surface area contributed by atoms with Gasteiger partial charge in [-0.15, -0.1) is 0 Å². The van der Waals surface area contributed by atoms with Gasteiger partial charge in [0.1, 0.15) is 11.9 Å². The number of carbonyl (C=O) groups excluding carboxylic acids is 1. The molecule has 2 rings (SSSR count). The summed E-state index contributed by atoms with van der Waals surface area (Å²) < 4.78 is 18.7. The number of hydrogen-bond acceptors (Lipinski definition) is 3. The van der Waals surface area contributed by atoms with Gasteiger partial charge in [0.2, 0.25) is 0 Å². The summed E-state index contributed by atoms with van der Waals surface area (Å²) in [6.07, 6.45) is 3.43. The second-order valence-electron chi connectivity index (χ2n) is 4.41. The maximum Gasteiger partial charge on any atom is 0.411 e. The summed E-state index contributed by atoms with van der Waals surface area (Å²) in [5.41, 5.74) is 6.13. The second kappa shape index (κ2) is 5.82. The van der Waals surface area contributed by atoms with E-state index in [0.29, 0.717) is 11.3 Å². The fraction of sp³-hybridized carbons (Fsp3) is 0.462. The van der Waals surface area contributed by atoms with Crippen LogP contribution in [0.1, 0.15) is 31.2 Å². The molecule has 1 aromatic carbocycles. The van der Waals surface area contributed by atoms with Gasteiger partial charge >= 0.3 is 6.09 Å². The van der Waals surface area contributed by atoms with E-state index in [4.69, 9.17) is 10.5 Å². The highest BCUT2D eigenvalue weighted by Crippen LogP contribution is 2.22. The molecule has 1 aliphatic carbocycles. The minimum atomic E-state index is -0.540. The summed E-state index contributed by atoms with van der Waals surface area (Å²) in [5.74, 6) is -0.420. The third-order valence-electron chi connectivity index (χ3n) is 3.14. The van der Waals surface area contributed by atoms with E-state index in [1.165, 1.54) is 12.1 Å². The molecule has 0 aromatic heterocycles. The van der Waals surface area contributed by atoms with Crippen LogP contribution in [-0.2, 0) is 11.3 Å². The smallest absolute Gasteiger partial charge is 0.411 e. The molecular formula is C13H17FN2O2. The molecule has 1 saturated carbocycles. The van der Waals surface area contributed by atoms with Crippen LogP contribution in [0.4, 0.5) is 14.9 Å². The molecule has 98 valence electrons. The van der Waals surface area contributed by atoms with Crippen LogP contribution in [0.5, 0.6) is 0 Å². The SMILES string of the molecule is NCc1c(F)cccc1NC(=O)OC1CCCC1. The first kappa shape index (κ1) is 12.8. The topological polar surface area (TPSA) is 64.3 Å². The van der Waals surface area contributed by atoms with Crippen LogP contribution in [0.25, 0.3) is 0 Å². The number of rotatable bonds is 3. The van der Waals surface area contributed by atoms with Crippen LogP contribution in [-0.4, -0.2) is 12.2 Å². The molecule has 0 heterocycles. The molecule has 3 N–H and O–H groups in total. The summed E-state index contributed by atoms with van der Waals surface area (Å²) in [6, 6.07) is 4.45. The van der Waals surface area contributed by atoms with E-state index in [1.54, 1.807) is 6.07 Å². The number of nitrogens with one attached hydrogen (secondary N) is 1. The number of hydrogen-bond donors (Lipinski definition) is 2. The maximum absolute atomic E-state index is 13.4. The lowest BCUT2D eigenvalue weighted by atomic mass is 10.1. The van der Waals surface area contributed by atoms with Crippen molar-refractivity contribution < 1.29 is 13.9 Å². The normalized spacial score (nSPS) is 15.7. The summed E-state index contributed by atoms with van der Waals surface area (Å²) in [7, 11) is 0. The maximum atomic E-state index is 13.4. The molecule has 0 bridgehead atoms. The van der Waals surface area contributed by atoms with Crippen molar-refractivity contribution in [3.63, 3.8) is 0 Å². The first-order valence-electron chi connectivity index (χ1n) is 6.16. The lowest BCUT2D eigenvalue weighted by molar-refractivity contribution is 0.114. The zero-order valence-corrected chi connectivity index (χ0v) is 10.1. The Morgan fingerprint density at radius 3 is 2.83 bits per heavy atom. The van der Waals surface area contributed by atoms with Crippen molar-refractivity contribution >= 4 is 11.8 Å². The van der Waals surface area contributed by atoms with Gasteiger partial charge in [-0.1, -0.05) is 6.07 Å². The predicted molar refractivity (Wildman–Crippen MR) is 66.7 cm³/mol. The fourth-order valence-electron chi connectivity index (χ4n) is 2.18. The van der Waals surface area contributed by atoms with Crippen molar-refractivity contribution in [3.8, 4) is 0 Å². The highest BCUT2D eigenvalue weighted by atomic mass is 19.1. The molecule has 1 aliphatic rings. The molecule has 0 spiro atoms. The van der Waals surface area contributed by atoms with Gasteiger partial charge in [0.15, 0.2) is 0 Å². The molecule has 0 aliphatic heterocycles. The van der Waals surface area contributed by atoms with Crippen LogP contribution in [0.15, 0.2) is 18.2 Å². The lowest BCUT2D eigenvalue weighted by Crippen LogP contribution is -2.21. The van der Waals surface area contributed by atoms with Crippen molar-refractivity contribution in [3.05, 3.63) is 29.6 Å². The van der Waals surface area contributed by atoms with Crippen LogP contribution in [0.3, 0.4) is 0 Å². The first-order chi connectivity index (χ1) is 8.70. The molecule has 0 unspecified atom stereocenters. The zero-order chi connectivity index (χ0) is 13.0. The number of halogens is 1. The van der Waals surface area contributed by atoms with E-state index in [-0.39, 0.29) is 12.6 Å². The summed E-state index contributed by atoms with van der Waals surface area (Å²) in [5, 5.41) is 2.55. The Hall–Kier alpha value is -1.62. The predicted octanol–water partition coefficient (Wildman–Crippen LogP) is 2.78. The Balaban J connectivity index is 2.00. The molecule has 1 fully saturated rings. The third kappa shape index (κ3) is 2.98. The van der Waals surface area contributed by atoms with E-state index in [0.717, 1.165) is 25.7 Å². The van der Waals surface area contributed by atoms with Crippen molar-refractivity contribution in [2.75, 3.05) is 5.32 Å². The minimum Gasteiger partial charge on any atom is -0.446 e. The molecule has 5 heteroatoms. The van der Waals surface area contributed by atoms with Gasteiger partial charge < -0.3 is 10.5 Å². The Morgan fingerprint density at radius 2 is 2.17 bits per heavy atom.